The second-order valence-corrected chi connectivity index (χ2v) is 9.61. The number of benzene rings is 3. The van der Waals surface area contributed by atoms with E-state index >= 15 is 0 Å². The van der Waals surface area contributed by atoms with Gasteiger partial charge in [-0.15, -0.1) is 17.9 Å². The molecule has 0 fully saturated rings. The maximum Gasteiger partial charge on any atom is 0.387 e. The van der Waals surface area contributed by atoms with E-state index in [1.54, 1.807) is 48.0 Å². The standard InChI is InChI=1S/C31H27F2N5O3S/c1-4-16-34-31-38(26(20-42-31)21-10-13-25(14-11-21)41-30(32)33)35-18-23-19-37(24-8-6-5-7-9-24)36-29(23)22-12-15-27(39-2)28(17-22)40-3/h4-15,17-20,30H,1,16H2,2-3H3. The van der Waals surface area contributed by atoms with Gasteiger partial charge >= 0.3 is 6.61 Å². The first kappa shape index (κ1) is 28.5. The third-order valence-corrected chi connectivity index (χ3v) is 7.00. The number of ether oxygens (including phenoxy) is 3. The monoisotopic (exact) mass is 587 g/mol. The lowest BCUT2D eigenvalue weighted by Crippen LogP contribution is -2.12. The van der Waals surface area contributed by atoms with Gasteiger partial charge in [0.15, 0.2) is 11.5 Å². The molecular formula is C31H27F2N5O3S. The number of para-hydroxylation sites is 1. The first-order valence-corrected chi connectivity index (χ1v) is 13.7. The fourth-order valence-electron chi connectivity index (χ4n) is 4.19. The number of halogens is 2. The lowest BCUT2D eigenvalue weighted by Gasteiger charge is -2.09. The fraction of sp³-hybridized carbons (Fsp3) is 0.129. The van der Waals surface area contributed by atoms with E-state index in [1.165, 1.54) is 23.5 Å². The van der Waals surface area contributed by atoms with Crippen LogP contribution in [0.2, 0.25) is 0 Å². The summed E-state index contributed by atoms with van der Waals surface area (Å²) in [5, 5.41) is 11.6. The van der Waals surface area contributed by atoms with Gasteiger partial charge in [0.25, 0.3) is 0 Å². The molecule has 11 heteroatoms. The Morgan fingerprint density at radius 2 is 1.71 bits per heavy atom. The highest BCUT2D eigenvalue weighted by Crippen LogP contribution is 2.33. The average Bonchev–Trinajstić information content (AvgIpc) is 3.63. The van der Waals surface area contributed by atoms with Crippen molar-refractivity contribution >= 4 is 17.6 Å². The smallest absolute Gasteiger partial charge is 0.387 e. The third-order valence-electron chi connectivity index (χ3n) is 6.15. The van der Waals surface area contributed by atoms with Crippen molar-refractivity contribution < 1.29 is 23.0 Å². The molecule has 214 valence electrons. The molecule has 0 aliphatic carbocycles. The van der Waals surface area contributed by atoms with Gasteiger partial charge in [-0.2, -0.15) is 19.0 Å². The zero-order chi connectivity index (χ0) is 29.5. The molecule has 0 saturated carbocycles. The number of alkyl halides is 2. The van der Waals surface area contributed by atoms with E-state index in [0.29, 0.717) is 28.5 Å². The highest BCUT2D eigenvalue weighted by Gasteiger charge is 2.15. The van der Waals surface area contributed by atoms with Crippen LogP contribution in [-0.2, 0) is 0 Å². The van der Waals surface area contributed by atoms with Crippen molar-refractivity contribution in [3.05, 3.63) is 107 Å². The number of thiazole rings is 1. The number of methoxy groups -OCH3 is 2. The van der Waals surface area contributed by atoms with Crippen molar-refractivity contribution in [2.45, 2.75) is 6.61 Å². The summed E-state index contributed by atoms with van der Waals surface area (Å²) in [4.78, 5) is 5.23. The van der Waals surface area contributed by atoms with Crippen LogP contribution < -0.4 is 19.0 Å². The molecule has 5 aromatic rings. The van der Waals surface area contributed by atoms with E-state index in [4.69, 9.17) is 19.7 Å². The highest BCUT2D eigenvalue weighted by molar-refractivity contribution is 7.07. The maximum atomic E-state index is 12.7. The van der Waals surface area contributed by atoms with E-state index in [1.807, 2.05) is 60.1 Å². The molecule has 0 N–H and O–H groups in total. The molecule has 0 amide bonds. The van der Waals surface area contributed by atoms with Gasteiger partial charge in [-0.1, -0.05) is 24.3 Å². The number of nitrogens with zero attached hydrogens (tertiary/aromatic N) is 5. The van der Waals surface area contributed by atoms with E-state index < -0.39 is 6.61 Å². The van der Waals surface area contributed by atoms with Gasteiger partial charge in [0.2, 0.25) is 4.80 Å². The first-order chi connectivity index (χ1) is 20.5. The highest BCUT2D eigenvalue weighted by atomic mass is 32.1. The molecule has 3 aromatic carbocycles. The van der Waals surface area contributed by atoms with Crippen LogP contribution in [0, 0.1) is 0 Å². The average molecular weight is 588 g/mol. The number of hydrogen-bond acceptors (Lipinski definition) is 7. The van der Waals surface area contributed by atoms with Crippen LogP contribution in [0.4, 0.5) is 8.78 Å². The molecule has 5 rings (SSSR count). The minimum Gasteiger partial charge on any atom is -0.493 e. The molecule has 0 atom stereocenters. The quantitative estimate of drug-likeness (QED) is 0.128. The van der Waals surface area contributed by atoms with Crippen LogP contribution in [0.1, 0.15) is 5.56 Å². The molecule has 2 heterocycles. The van der Waals surface area contributed by atoms with Crippen LogP contribution in [0.5, 0.6) is 17.2 Å². The van der Waals surface area contributed by atoms with Gasteiger partial charge in [-0.3, -0.25) is 4.99 Å². The van der Waals surface area contributed by atoms with Crippen LogP contribution in [0.15, 0.2) is 107 Å². The van der Waals surface area contributed by atoms with E-state index in [9.17, 15) is 8.78 Å². The number of hydrogen-bond donors (Lipinski definition) is 0. The second kappa shape index (κ2) is 13.1. The van der Waals surface area contributed by atoms with Crippen LogP contribution in [0.25, 0.3) is 28.2 Å². The number of rotatable bonds is 11. The molecule has 0 spiro atoms. The predicted molar refractivity (Wildman–Crippen MR) is 160 cm³/mol. The Bertz CT molecular complexity index is 1760. The summed E-state index contributed by atoms with van der Waals surface area (Å²) in [6, 6.07) is 21.8. The van der Waals surface area contributed by atoms with E-state index in [-0.39, 0.29) is 5.75 Å². The Kier molecular flexibility index (Phi) is 8.88. The van der Waals surface area contributed by atoms with Gasteiger partial charge < -0.3 is 14.2 Å². The maximum absolute atomic E-state index is 12.7. The molecule has 0 saturated heterocycles. The van der Waals surface area contributed by atoms with Gasteiger partial charge in [-0.05, 0) is 54.6 Å². The van der Waals surface area contributed by atoms with Crippen LogP contribution >= 0.6 is 11.3 Å². The summed E-state index contributed by atoms with van der Waals surface area (Å²) in [7, 11) is 3.17. The topological polar surface area (TPSA) is 75.2 Å². The molecule has 0 aliphatic heterocycles. The SMILES string of the molecule is C=CCN=c1scc(-c2ccc(OC(F)F)cc2)n1N=Cc1cn(-c2ccccc2)nc1-c1ccc(OC)c(OC)c1. The summed E-state index contributed by atoms with van der Waals surface area (Å²) in [6.45, 7) is 1.26. The zero-order valence-corrected chi connectivity index (χ0v) is 23.7. The van der Waals surface area contributed by atoms with Crippen LogP contribution in [0.3, 0.4) is 0 Å². The van der Waals surface area contributed by atoms with Crippen molar-refractivity contribution in [2.75, 3.05) is 20.8 Å². The van der Waals surface area contributed by atoms with Gasteiger partial charge in [-0.25, -0.2) is 9.36 Å². The van der Waals surface area contributed by atoms with Gasteiger partial charge in [0.05, 0.1) is 38.4 Å². The van der Waals surface area contributed by atoms with Gasteiger partial charge in [0.1, 0.15) is 11.4 Å². The zero-order valence-electron chi connectivity index (χ0n) is 22.9. The second-order valence-electron chi connectivity index (χ2n) is 8.78. The molecule has 42 heavy (non-hydrogen) atoms. The molecule has 0 aliphatic rings. The summed E-state index contributed by atoms with van der Waals surface area (Å²) < 4.78 is 44.2. The van der Waals surface area contributed by atoms with Crippen molar-refractivity contribution in [3.63, 3.8) is 0 Å². The van der Waals surface area contributed by atoms with Crippen LogP contribution in [-0.4, -0.2) is 48.0 Å². The Hall–Kier alpha value is -5.03. The van der Waals surface area contributed by atoms with Crippen molar-refractivity contribution in [1.82, 2.24) is 14.5 Å². The molecule has 8 nitrogen and oxygen atoms in total. The number of aromatic nitrogens is 3. The third kappa shape index (κ3) is 6.31. The molecular weight excluding hydrogens is 560 g/mol. The Morgan fingerprint density at radius 1 is 0.976 bits per heavy atom. The summed E-state index contributed by atoms with van der Waals surface area (Å²) >= 11 is 1.40. The minimum atomic E-state index is -2.90. The molecule has 0 radical (unpaired) electrons. The summed E-state index contributed by atoms with van der Waals surface area (Å²) in [5.41, 5.74) is 4.60. The lowest BCUT2D eigenvalue weighted by atomic mass is 10.1. The minimum absolute atomic E-state index is 0.0727. The Balaban J connectivity index is 1.61. The Labute approximate surface area is 245 Å². The Morgan fingerprint density at radius 3 is 2.40 bits per heavy atom. The summed E-state index contributed by atoms with van der Waals surface area (Å²) in [6.07, 6.45) is 5.31. The normalized spacial score (nSPS) is 11.8. The lowest BCUT2D eigenvalue weighted by molar-refractivity contribution is -0.0498. The predicted octanol–water partition coefficient (Wildman–Crippen LogP) is 6.66. The van der Waals surface area contributed by atoms with Crippen molar-refractivity contribution in [1.29, 1.82) is 0 Å². The molecule has 0 unspecified atom stereocenters. The van der Waals surface area contributed by atoms with Crippen molar-refractivity contribution in [2.24, 2.45) is 10.1 Å². The first-order valence-electron chi connectivity index (χ1n) is 12.8. The molecule has 2 aromatic heterocycles. The van der Waals surface area contributed by atoms with Gasteiger partial charge in [0, 0.05) is 28.3 Å². The van der Waals surface area contributed by atoms with E-state index in [2.05, 4.69) is 16.3 Å². The van der Waals surface area contributed by atoms with E-state index in [0.717, 1.165) is 28.1 Å². The molecule has 0 bridgehead atoms. The van der Waals surface area contributed by atoms with Crippen molar-refractivity contribution in [3.8, 4) is 45.5 Å². The summed E-state index contributed by atoms with van der Waals surface area (Å²) in [5.74, 6) is 1.26. The fourth-order valence-corrected chi connectivity index (χ4v) is 5.04. The largest absolute Gasteiger partial charge is 0.493 e.